The van der Waals surface area contributed by atoms with Gasteiger partial charge in [-0.1, -0.05) is 72.3 Å². The zero-order chi connectivity index (χ0) is 25.3. The first-order valence-electron chi connectivity index (χ1n) is 10.4. The van der Waals surface area contributed by atoms with E-state index in [1.54, 1.807) is 42.5 Å². The number of phenolic OH excluding ortho intramolecular Hbond substituents is 1. The smallest absolute Gasteiger partial charge is 0.746 e. The predicted octanol–water partition coefficient (Wildman–Crippen LogP) is 3.00. The molecule has 1 atom stereocenters. The van der Waals surface area contributed by atoms with E-state index in [1.165, 1.54) is 24.3 Å². The maximum absolute atomic E-state index is 13.0. The van der Waals surface area contributed by atoms with Crippen molar-refractivity contribution >= 4 is 36.9 Å². The van der Waals surface area contributed by atoms with E-state index >= 15 is 0 Å². The van der Waals surface area contributed by atoms with Crippen LogP contribution in [0.1, 0.15) is 21.5 Å². The second-order valence-corrected chi connectivity index (χ2v) is 8.78. The van der Waals surface area contributed by atoms with Crippen LogP contribution < -0.4 is 39.0 Å². The molecule has 0 aromatic heterocycles. The van der Waals surface area contributed by atoms with Gasteiger partial charge in [-0.3, -0.25) is 9.36 Å². The number of rotatable bonds is 6. The van der Waals surface area contributed by atoms with Crippen molar-refractivity contribution in [2.75, 3.05) is 0 Å². The molecule has 0 amide bonds. The van der Waals surface area contributed by atoms with Gasteiger partial charge in [-0.25, -0.2) is 0 Å². The third kappa shape index (κ3) is 9.76. The summed E-state index contributed by atoms with van der Waals surface area (Å²) in [4.78, 5) is 31.4. The van der Waals surface area contributed by atoms with Gasteiger partial charge in [0.1, 0.15) is 11.5 Å². The molecule has 9 heteroatoms. The molecule has 0 fully saturated rings. The van der Waals surface area contributed by atoms with Crippen LogP contribution in [0.25, 0.3) is 11.6 Å². The fourth-order valence-electron chi connectivity index (χ4n) is 3.01. The molecule has 4 aromatic carbocycles. The Balaban J connectivity index is 0.000000321. The number of benzene rings is 4. The molecule has 0 aliphatic rings. The molecule has 6 nitrogen and oxygen atoms in total. The summed E-state index contributed by atoms with van der Waals surface area (Å²) in [5, 5.41) is 10.1. The number of phosphoric ester groups is 1. The summed E-state index contributed by atoms with van der Waals surface area (Å²) in [7, 11) is -4.64. The molecule has 1 unspecified atom stereocenters. The number of ketones is 1. The van der Waals surface area contributed by atoms with Crippen LogP contribution in [0.4, 0.5) is 0 Å². The van der Waals surface area contributed by atoms with E-state index in [9.17, 15) is 19.4 Å². The second kappa shape index (κ2) is 14.2. The predicted molar refractivity (Wildman–Crippen MR) is 135 cm³/mol. The monoisotopic (exact) mass is 530 g/mol. The number of carbonyl (C=O) groups is 1. The van der Waals surface area contributed by atoms with Crippen molar-refractivity contribution in [3.8, 4) is 11.5 Å². The number of Topliss-reactive ketones (excluding diaryl/α,β-unsaturated/α-hetero) is 1. The number of para-hydroxylation sites is 1. The van der Waals surface area contributed by atoms with Crippen LogP contribution in [0.5, 0.6) is 11.5 Å². The number of aromatic hydroxyl groups is 1. The summed E-state index contributed by atoms with van der Waals surface area (Å²) >= 11 is 5.93. The molecule has 36 heavy (non-hydrogen) atoms. The Morgan fingerprint density at radius 1 is 0.806 bits per heavy atom. The van der Waals surface area contributed by atoms with E-state index in [0.717, 1.165) is 11.1 Å². The second-order valence-electron chi connectivity index (χ2n) is 7.22. The van der Waals surface area contributed by atoms with E-state index in [4.69, 9.17) is 16.5 Å². The number of hydrogen-bond acceptors (Lipinski definition) is 5. The van der Waals surface area contributed by atoms with Crippen LogP contribution >= 0.6 is 19.4 Å². The van der Waals surface area contributed by atoms with Gasteiger partial charge in [0.05, 0.1) is 0 Å². The third-order valence-corrected chi connectivity index (χ3v) is 5.30. The maximum Gasteiger partial charge on any atom is 1.00 e. The summed E-state index contributed by atoms with van der Waals surface area (Å²) < 4.78 is 14.3. The first-order valence-corrected chi connectivity index (χ1v) is 12.2. The minimum absolute atomic E-state index is 0. The molecule has 0 radical (unpaired) electrons. The first kappa shape index (κ1) is 29.6. The van der Waals surface area contributed by atoms with Crippen LogP contribution in [0.2, 0.25) is 5.02 Å². The molecule has 0 heterocycles. The fraction of sp³-hybridized carbons (Fsp3) is 0. The number of carbonyl (C=O) groups excluding carboxylic acids is 1. The van der Waals surface area contributed by atoms with Crippen LogP contribution in [-0.2, 0) is 4.57 Å². The molecule has 0 aliphatic heterocycles. The summed E-state index contributed by atoms with van der Waals surface area (Å²) in [5.74, 6) is 0.138. The molecule has 0 saturated heterocycles. The van der Waals surface area contributed by atoms with Gasteiger partial charge in [-0.05, 0) is 65.7 Å². The molecule has 178 valence electrons. The fourth-order valence-corrected chi connectivity index (χ4v) is 3.52. The average Bonchev–Trinajstić information content (AvgIpc) is 2.84. The summed E-state index contributed by atoms with van der Waals surface area (Å²) in [5.41, 5.74) is 2.84. The van der Waals surface area contributed by atoms with Gasteiger partial charge in [0.15, 0.2) is 5.78 Å². The van der Waals surface area contributed by atoms with Gasteiger partial charge in [-0.15, -0.1) is 0 Å². The first-order chi connectivity index (χ1) is 16.7. The minimum Gasteiger partial charge on any atom is -0.746 e. The average molecular weight is 531 g/mol. The molecule has 2 N–H and O–H groups in total. The van der Waals surface area contributed by atoms with Crippen LogP contribution in [0.3, 0.4) is 0 Å². The van der Waals surface area contributed by atoms with E-state index in [2.05, 4.69) is 4.52 Å². The Morgan fingerprint density at radius 3 is 1.86 bits per heavy atom. The normalized spacial score (nSPS) is 12.2. The molecular formula is C27H21ClNaO6P. The Bertz CT molecular complexity index is 1320. The molecule has 0 spiro atoms. The molecule has 4 rings (SSSR count). The van der Waals surface area contributed by atoms with Gasteiger partial charge >= 0.3 is 37.4 Å². The van der Waals surface area contributed by atoms with Gasteiger partial charge in [0, 0.05) is 16.2 Å². The van der Waals surface area contributed by atoms with Gasteiger partial charge in [0.25, 0.3) is 0 Å². The van der Waals surface area contributed by atoms with E-state index in [-0.39, 0.29) is 46.8 Å². The SMILES string of the molecule is O=C(/C(=C/c1ccc(Cl)cc1)c1ccccc1)c1ccc(O)cc1.O=P([O-])(O)Oc1ccccc1.[Na+]. The van der Waals surface area contributed by atoms with Crippen LogP contribution in [-0.4, -0.2) is 15.8 Å². The number of phenols is 1. The van der Waals surface area contributed by atoms with Gasteiger partial charge < -0.3 is 19.4 Å². The van der Waals surface area contributed by atoms with Crippen molar-refractivity contribution in [3.05, 3.63) is 131 Å². The Hall–Kier alpha value is -2.67. The summed E-state index contributed by atoms with van der Waals surface area (Å²) in [6.07, 6.45) is 1.85. The number of allylic oxidation sites excluding steroid dienone is 1. The number of halogens is 1. The number of hydrogen-bond donors (Lipinski definition) is 2. The minimum atomic E-state index is -4.64. The third-order valence-electron chi connectivity index (χ3n) is 4.60. The van der Waals surface area contributed by atoms with E-state index < -0.39 is 7.82 Å². The largest absolute Gasteiger partial charge is 1.00 e. The zero-order valence-electron chi connectivity index (χ0n) is 19.3. The molecule has 4 aromatic rings. The van der Waals surface area contributed by atoms with Crippen molar-refractivity contribution in [2.45, 2.75) is 0 Å². The number of phosphoric acid groups is 1. The van der Waals surface area contributed by atoms with Crippen molar-refractivity contribution < 1.29 is 58.3 Å². The summed E-state index contributed by atoms with van der Waals surface area (Å²) in [6, 6.07) is 30.9. The molecule has 0 bridgehead atoms. The molecule has 0 saturated carbocycles. The van der Waals surface area contributed by atoms with Gasteiger partial charge in [-0.2, -0.15) is 0 Å². The Morgan fingerprint density at radius 2 is 1.33 bits per heavy atom. The van der Waals surface area contributed by atoms with Crippen molar-refractivity contribution in [1.82, 2.24) is 0 Å². The van der Waals surface area contributed by atoms with Gasteiger partial charge in [0.2, 0.25) is 0 Å². The zero-order valence-corrected chi connectivity index (χ0v) is 23.0. The van der Waals surface area contributed by atoms with Crippen molar-refractivity contribution in [2.24, 2.45) is 0 Å². The van der Waals surface area contributed by atoms with Crippen LogP contribution in [0, 0.1) is 0 Å². The topological polar surface area (TPSA) is 107 Å². The quantitative estimate of drug-likeness (QED) is 0.130. The van der Waals surface area contributed by atoms with Crippen molar-refractivity contribution in [1.29, 1.82) is 0 Å². The maximum atomic E-state index is 13.0. The standard InChI is InChI=1S/C21H15ClO2.C6H7O4P.Na/c22-18-10-6-15(7-11-18)14-20(16-4-2-1-3-5-16)21(24)17-8-12-19(23)13-9-17;7-11(8,9)10-6-4-2-1-3-5-6;/h1-14,23H;1-5H,(H2,7,8,9);/q;;+1/p-1/b20-14+;;. The Kier molecular flexibility index (Phi) is 11.6. The van der Waals surface area contributed by atoms with Crippen molar-refractivity contribution in [3.63, 3.8) is 0 Å². The summed E-state index contributed by atoms with van der Waals surface area (Å²) in [6.45, 7) is 0. The Labute approximate surface area is 236 Å². The van der Waals surface area contributed by atoms with Crippen LogP contribution in [0.15, 0.2) is 109 Å². The van der Waals surface area contributed by atoms with E-state index in [1.807, 2.05) is 48.5 Å². The molecular weight excluding hydrogens is 510 g/mol. The van der Waals surface area contributed by atoms with E-state index in [0.29, 0.717) is 16.2 Å². The molecule has 0 aliphatic carbocycles.